The van der Waals surface area contributed by atoms with Crippen molar-refractivity contribution < 1.29 is 19.1 Å². The third-order valence-electron chi connectivity index (χ3n) is 1.33. The molecule has 0 aliphatic carbocycles. The normalized spacial score (nSPS) is 11.8. The third-order valence-corrected chi connectivity index (χ3v) is 1.33. The van der Waals surface area contributed by atoms with Crippen LogP contribution in [0, 0.1) is 0 Å². The van der Waals surface area contributed by atoms with Gasteiger partial charge in [-0.15, -0.1) is 0 Å². The average molecular weight is 174 g/mol. The van der Waals surface area contributed by atoms with Crippen LogP contribution < -0.4 is 0 Å². The molecule has 4 heteroatoms. The van der Waals surface area contributed by atoms with E-state index >= 15 is 0 Å². The molecule has 4 nitrogen and oxygen atoms in total. The molecule has 0 aromatic rings. The van der Waals surface area contributed by atoms with Crippen molar-refractivity contribution in [3.8, 4) is 0 Å². The van der Waals surface area contributed by atoms with Crippen molar-refractivity contribution >= 4 is 12.4 Å². The van der Waals surface area contributed by atoms with Gasteiger partial charge in [0.1, 0.15) is 12.7 Å². The monoisotopic (exact) mass is 174 g/mol. The molecule has 0 aliphatic rings. The Morgan fingerprint density at radius 2 is 2.25 bits per heavy atom. The lowest BCUT2D eigenvalue weighted by Gasteiger charge is -2.13. The number of ether oxygens (including phenoxy) is 2. The van der Waals surface area contributed by atoms with Gasteiger partial charge in [-0.1, -0.05) is 13.3 Å². The largest absolute Gasteiger partial charge is 0.462 e. The fraction of sp³-hybridized carbons (Fsp3) is 0.750. The van der Waals surface area contributed by atoms with Crippen LogP contribution in [0.15, 0.2) is 0 Å². The number of hydrogen-bond donors (Lipinski definition) is 0. The molecule has 0 fully saturated rings. The van der Waals surface area contributed by atoms with E-state index in [4.69, 9.17) is 0 Å². The van der Waals surface area contributed by atoms with Crippen molar-refractivity contribution in [2.75, 3.05) is 6.61 Å². The standard InChI is InChI=1S/C8H14O4/c1-3-4-8(12-6-9)5-11-7(2)10/h6,8H,3-5H2,1-2H3. The molecule has 12 heavy (non-hydrogen) atoms. The summed E-state index contributed by atoms with van der Waals surface area (Å²) in [4.78, 5) is 20.4. The van der Waals surface area contributed by atoms with E-state index in [1.54, 1.807) is 0 Å². The van der Waals surface area contributed by atoms with Gasteiger partial charge in [-0.2, -0.15) is 0 Å². The summed E-state index contributed by atoms with van der Waals surface area (Å²) in [5.74, 6) is -0.356. The van der Waals surface area contributed by atoms with E-state index in [2.05, 4.69) is 9.47 Å². The molecule has 1 unspecified atom stereocenters. The summed E-state index contributed by atoms with van der Waals surface area (Å²) in [5, 5.41) is 0. The maximum Gasteiger partial charge on any atom is 0.302 e. The zero-order valence-corrected chi connectivity index (χ0v) is 7.41. The number of carbonyl (C=O) groups is 2. The van der Waals surface area contributed by atoms with Gasteiger partial charge in [-0.3, -0.25) is 9.59 Å². The van der Waals surface area contributed by atoms with E-state index in [-0.39, 0.29) is 18.7 Å². The quantitative estimate of drug-likeness (QED) is 0.443. The molecule has 0 aromatic carbocycles. The summed E-state index contributed by atoms with van der Waals surface area (Å²) >= 11 is 0. The molecule has 0 saturated heterocycles. The summed E-state index contributed by atoms with van der Waals surface area (Å²) in [6.45, 7) is 3.82. The fourth-order valence-electron chi connectivity index (χ4n) is 0.802. The second kappa shape index (κ2) is 6.64. The molecule has 0 radical (unpaired) electrons. The van der Waals surface area contributed by atoms with Crippen LogP contribution >= 0.6 is 0 Å². The smallest absolute Gasteiger partial charge is 0.302 e. The van der Waals surface area contributed by atoms with Crippen LogP contribution in [0.5, 0.6) is 0 Å². The second-order valence-corrected chi connectivity index (χ2v) is 2.45. The van der Waals surface area contributed by atoms with Crippen LogP contribution in [0.25, 0.3) is 0 Å². The molecule has 0 aromatic heterocycles. The molecule has 0 heterocycles. The Bertz CT molecular complexity index is 144. The highest BCUT2D eigenvalue weighted by Gasteiger charge is 2.09. The van der Waals surface area contributed by atoms with E-state index in [1.807, 2.05) is 6.92 Å². The highest BCUT2D eigenvalue weighted by Crippen LogP contribution is 2.01. The van der Waals surface area contributed by atoms with E-state index in [0.717, 1.165) is 6.42 Å². The van der Waals surface area contributed by atoms with Crippen molar-refractivity contribution in [2.24, 2.45) is 0 Å². The maximum absolute atomic E-state index is 10.4. The van der Waals surface area contributed by atoms with Gasteiger partial charge in [-0.25, -0.2) is 0 Å². The second-order valence-electron chi connectivity index (χ2n) is 2.45. The SMILES string of the molecule is CCCC(COC(C)=O)OC=O. The minimum Gasteiger partial charge on any atom is -0.462 e. The molecule has 0 amide bonds. The average Bonchev–Trinajstić information content (AvgIpc) is 2.01. The number of rotatable bonds is 6. The lowest BCUT2D eigenvalue weighted by atomic mass is 10.2. The summed E-state index contributed by atoms with van der Waals surface area (Å²) < 4.78 is 9.36. The zero-order valence-electron chi connectivity index (χ0n) is 7.41. The van der Waals surface area contributed by atoms with Gasteiger partial charge < -0.3 is 9.47 Å². The molecule has 0 aliphatic heterocycles. The molecule has 0 saturated carbocycles. The molecule has 70 valence electrons. The van der Waals surface area contributed by atoms with Crippen LogP contribution in [0.2, 0.25) is 0 Å². The van der Waals surface area contributed by atoms with Gasteiger partial charge in [0.05, 0.1) is 0 Å². The number of hydrogen-bond acceptors (Lipinski definition) is 4. The lowest BCUT2D eigenvalue weighted by Crippen LogP contribution is -2.20. The van der Waals surface area contributed by atoms with Crippen LogP contribution in [-0.2, 0) is 19.1 Å². The topological polar surface area (TPSA) is 52.6 Å². The third kappa shape index (κ3) is 5.70. The van der Waals surface area contributed by atoms with Crippen LogP contribution in [0.3, 0.4) is 0 Å². The molecular weight excluding hydrogens is 160 g/mol. The van der Waals surface area contributed by atoms with Gasteiger partial charge in [0.25, 0.3) is 6.47 Å². The van der Waals surface area contributed by atoms with Gasteiger partial charge in [0.15, 0.2) is 0 Å². The van der Waals surface area contributed by atoms with E-state index in [0.29, 0.717) is 12.9 Å². The van der Waals surface area contributed by atoms with Gasteiger partial charge >= 0.3 is 5.97 Å². The van der Waals surface area contributed by atoms with Gasteiger partial charge in [0.2, 0.25) is 0 Å². The Kier molecular flexibility index (Phi) is 6.05. The predicted octanol–water partition coefficient (Wildman–Crippen LogP) is 0.891. The lowest BCUT2D eigenvalue weighted by molar-refractivity contribution is -0.150. The Labute approximate surface area is 71.8 Å². The number of esters is 1. The van der Waals surface area contributed by atoms with E-state index in [9.17, 15) is 9.59 Å². The van der Waals surface area contributed by atoms with Crippen molar-refractivity contribution in [3.05, 3.63) is 0 Å². The molecular formula is C8H14O4. The first-order valence-corrected chi connectivity index (χ1v) is 3.93. The maximum atomic E-state index is 10.4. The Morgan fingerprint density at radius 3 is 2.67 bits per heavy atom. The van der Waals surface area contributed by atoms with Crippen LogP contribution in [-0.4, -0.2) is 25.2 Å². The first kappa shape index (κ1) is 10.9. The van der Waals surface area contributed by atoms with Crippen molar-refractivity contribution in [2.45, 2.75) is 32.8 Å². The van der Waals surface area contributed by atoms with E-state index < -0.39 is 0 Å². The summed E-state index contributed by atoms with van der Waals surface area (Å²) in [7, 11) is 0. The van der Waals surface area contributed by atoms with Crippen LogP contribution in [0.4, 0.5) is 0 Å². The number of carbonyl (C=O) groups excluding carboxylic acids is 2. The van der Waals surface area contributed by atoms with Gasteiger partial charge in [-0.05, 0) is 6.42 Å². The van der Waals surface area contributed by atoms with Gasteiger partial charge in [0, 0.05) is 6.92 Å². The van der Waals surface area contributed by atoms with Crippen LogP contribution in [0.1, 0.15) is 26.7 Å². The van der Waals surface area contributed by atoms with Crippen molar-refractivity contribution in [3.63, 3.8) is 0 Å². The molecule has 1 atom stereocenters. The fourth-order valence-corrected chi connectivity index (χ4v) is 0.802. The summed E-state index contributed by atoms with van der Waals surface area (Å²) in [6.07, 6.45) is 1.31. The molecule has 0 N–H and O–H groups in total. The summed E-state index contributed by atoms with van der Waals surface area (Å²) in [5.41, 5.74) is 0. The minimum atomic E-state index is -0.356. The van der Waals surface area contributed by atoms with Crippen molar-refractivity contribution in [1.29, 1.82) is 0 Å². The minimum absolute atomic E-state index is 0.155. The zero-order chi connectivity index (χ0) is 9.40. The Hall–Kier alpha value is -1.06. The summed E-state index contributed by atoms with van der Waals surface area (Å²) in [6, 6.07) is 0. The molecule has 0 rings (SSSR count). The van der Waals surface area contributed by atoms with Crippen molar-refractivity contribution in [1.82, 2.24) is 0 Å². The first-order valence-electron chi connectivity index (χ1n) is 3.93. The highest BCUT2D eigenvalue weighted by atomic mass is 16.6. The molecule has 0 spiro atoms. The first-order chi connectivity index (χ1) is 5.70. The Morgan fingerprint density at radius 1 is 1.58 bits per heavy atom. The van der Waals surface area contributed by atoms with E-state index in [1.165, 1.54) is 6.92 Å². The predicted molar refractivity (Wildman–Crippen MR) is 42.5 cm³/mol. The highest BCUT2D eigenvalue weighted by molar-refractivity contribution is 5.65. The Balaban J connectivity index is 3.61. The molecule has 0 bridgehead atoms.